The summed E-state index contributed by atoms with van der Waals surface area (Å²) in [7, 11) is 0.454. The summed E-state index contributed by atoms with van der Waals surface area (Å²) >= 11 is 0. The summed E-state index contributed by atoms with van der Waals surface area (Å²) in [4.78, 5) is 1.56. The van der Waals surface area contributed by atoms with Crippen molar-refractivity contribution >= 4 is 21.7 Å². The fourth-order valence-corrected chi connectivity index (χ4v) is 6.02. The highest BCUT2D eigenvalue weighted by Crippen LogP contribution is 2.35. The van der Waals surface area contributed by atoms with Crippen molar-refractivity contribution < 1.29 is 4.74 Å². The Balaban J connectivity index is 1.85. The average molecular weight is 330 g/mol. The van der Waals surface area contributed by atoms with Crippen molar-refractivity contribution in [3.63, 3.8) is 0 Å². The van der Waals surface area contributed by atoms with Crippen LogP contribution < -0.4 is 4.74 Å². The zero-order valence-electron chi connectivity index (χ0n) is 14.5. The molecule has 0 N–H and O–H groups in total. The van der Waals surface area contributed by atoms with E-state index in [1.54, 1.807) is 4.90 Å². The van der Waals surface area contributed by atoms with Gasteiger partial charge in [-0.05, 0) is 43.4 Å². The molecule has 1 heterocycles. The molecule has 1 aliphatic heterocycles. The highest BCUT2D eigenvalue weighted by Gasteiger charge is 2.29. The molecule has 3 rings (SSSR count). The molecule has 2 aromatic carbocycles. The van der Waals surface area contributed by atoms with Gasteiger partial charge in [0, 0.05) is 21.7 Å². The van der Waals surface area contributed by atoms with E-state index in [2.05, 4.69) is 50.2 Å². The van der Waals surface area contributed by atoms with Gasteiger partial charge in [-0.15, -0.1) is 0 Å². The standard InChI is InChI=1S/C21H29OS/c1-3-9-17(4-2)16-22-20-12-13-21(23-14-7-8-15-23)19-11-6-5-10-18(19)20/h5-6,10-13,17H,3-4,7-9,14-16H2,1-2H3/q+1. The maximum Gasteiger partial charge on any atom is 0.162 e. The first-order valence-electron chi connectivity index (χ1n) is 9.15. The number of hydrogen-bond acceptors (Lipinski definition) is 1. The van der Waals surface area contributed by atoms with Gasteiger partial charge in [-0.1, -0.05) is 44.9 Å². The molecule has 2 aromatic rings. The van der Waals surface area contributed by atoms with Crippen LogP contribution >= 0.6 is 0 Å². The Morgan fingerprint density at radius 3 is 2.43 bits per heavy atom. The van der Waals surface area contributed by atoms with Crippen molar-refractivity contribution in [3.8, 4) is 5.75 Å². The maximum atomic E-state index is 6.25. The van der Waals surface area contributed by atoms with Gasteiger partial charge in [0.25, 0.3) is 0 Å². The Hall–Kier alpha value is -1.15. The van der Waals surface area contributed by atoms with Gasteiger partial charge in [0.1, 0.15) is 17.3 Å². The smallest absolute Gasteiger partial charge is 0.162 e. The zero-order valence-corrected chi connectivity index (χ0v) is 15.3. The van der Waals surface area contributed by atoms with E-state index in [4.69, 9.17) is 4.74 Å². The van der Waals surface area contributed by atoms with Gasteiger partial charge in [-0.25, -0.2) is 0 Å². The molecule has 0 bridgehead atoms. The SMILES string of the molecule is CCCC(CC)COc1ccc([S+]2CCCC2)c2ccccc12. The molecule has 1 atom stereocenters. The molecule has 1 unspecified atom stereocenters. The van der Waals surface area contributed by atoms with E-state index in [1.807, 2.05) is 0 Å². The molecule has 1 nitrogen and oxygen atoms in total. The lowest BCUT2D eigenvalue weighted by atomic mass is 10.0. The van der Waals surface area contributed by atoms with Crippen LogP contribution in [-0.2, 0) is 10.9 Å². The Morgan fingerprint density at radius 1 is 1.00 bits per heavy atom. The van der Waals surface area contributed by atoms with Gasteiger partial charge < -0.3 is 4.74 Å². The lowest BCUT2D eigenvalue weighted by Gasteiger charge is -2.17. The van der Waals surface area contributed by atoms with Crippen LogP contribution in [0.3, 0.4) is 0 Å². The Bertz CT molecular complexity index is 631. The molecule has 0 spiro atoms. The summed E-state index contributed by atoms with van der Waals surface area (Å²) in [6, 6.07) is 13.4. The first-order chi connectivity index (χ1) is 11.3. The van der Waals surface area contributed by atoms with Gasteiger partial charge in [0.2, 0.25) is 0 Å². The second kappa shape index (κ2) is 8.10. The van der Waals surface area contributed by atoms with E-state index in [9.17, 15) is 0 Å². The second-order valence-corrected chi connectivity index (χ2v) is 8.83. The maximum absolute atomic E-state index is 6.25. The van der Waals surface area contributed by atoms with Crippen LogP contribution in [0.15, 0.2) is 41.3 Å². The van der Waals surface area contributed by atoms with Crippen LogP contribution in [0.4, 0.5) is 0 Å². The van der Waals surface area contributed by atoms with Gasteiger partial charge in [-0.2, -0.15) is 0 Å². The molecule has 0 aliphatic carbocycles. The van der Waals surface area contributed by atoms with Crippen LogP contribution in [0, 0.1) is 5.92 Å². The number of fused-ring (bicyclic) bond motifs is 1. The van der Waals surface area contributed by atoms with Crippen LogP contribution in [0.2, 0.25) is 0 Å². The average Bonchev–Trinajstić information content (AvgIpc) is 3.12. The quantitative estimate of drug-likeness (QED) is 0.582. The number of ether oxygens (including phenoxy) is 1. The molecular formula is C21H29OS+. The van der Waals surface area contributed by atoms with E-state index in [0.29, 0.717) is 16.8 Å². The lowest BCUT2D eigenvalue weighted by molar-refractivity contribution is 0.237. The number of benzene rings is 2. The first-order valence-corrected chi connectivity index (χ1v) is 10.7. The molecule has 0 radical (unpaired) electrons. The lowest BCUT2D eigenvalue weighted by Crippen LogP contribution is -2.11. The molecule has 1 saturated heterocycles. The monoisotopic (exact) mass is 329 g/mol. The fourth-order valence-electron chi connectivity index (χ4n) is 3.52. The normalized spacial score (nSPS) is 16.8. The third kappa shape index (κ3) is 3.85. The van der Waals surface area contributed by atoms with Crippen LogP contribution in [-0.4, -0.2) is 18.1 Å². The Morgan fingerprint density at radius 2 is 1.74 bits per heavy atom. The topological polar surface area (TPSA) is 9.23 Å². The Labute approximate surface area is 143 Å². The largest absolute Gasteiger partial charge is 0.493 e. The molecular weight excluding hydrogens is 300 g/mol. The van der Waals surface area contributed by atoms with Crippen molar-refractivity contribution in [2.45, 2.75) is 50.8 Å². The minimum Gasteiger partial charge on any atom is -0.493 e. The molecule has 0 amide bonds. The summed E-state index contributed by atoms with van der Waals surface area (Å²) in [6.45, 7) is 5.38. The molecule has 1 aliphatic rings. The number of hydrogen-bond donors (Lipinski definition) is 0. The van der Waals surface area contributed by atoms with Crippen molar-refractivity contribution in [3.05, 3.63) is 36.4 Å². The van der Waals surface area contributed by atoms with E-state index in [0.717, 1.165) is 12.4 Å². The summed E-state index contributed by atoms with van der Waals surface area (Å²) in [5.41, 5.74) is 0. The summed E-state index contributed by atoms with van der Waals surface area (Å²) in [6.07, 6.45) is 6.49. The van der Waals surface area contributed by atoms with Crippen LogP contribution in [0.5, 0.6) is 5.75 Å². The molecule has 0 saturated carbocycles. The summed E-state index contributed by atoms with van der Waals surface area (Å²) in [5.74, 6) is 4.49. The zero-order chi connectivity index (χ0) is 16.1. The molecule has 124 valence electrons. The number of rotatable bonds is 7. The second-order valence-electron chi connectivity index (χ2n) is 6.59. The minimum absolute atomic E-state index is 0.454. The minimum atomic E-state index is 0.454. The molecule has 23 heavy (non-hydrogen) atoms. The van der Waals surface area contributed by atoms with Gasteiger partial charge >= 0.3 is 0 Å². The molecule has 1 fully saturated rings. The highest BCUT2D eigenvalue weighted by atomic mass is 32.2. The van der Waals surface area contributed by atoms with Gasteiger partial charge in [0.15, 0.2) is 4.90 Å². The van der Waals surface area contributed by atoms with E-state index >= 15 is 0 Å². The fraction of sp³-hybridized carbons (Fsp3) is 0.524. The molecule has 2 heteroatoms. The highest BCUT2D eigenvalue weighted by molar-refractivity contribution is 7.97. The first kappa shape index (κ1) is 16.7. The van der Waals surface area contributed by atoms with Gasteiger partial charge in [-0.3, -0.25) is 0 Å². The van der Waals surface area contributed by atoms with Crippen molar-refractivity contribution in [2.24, 2.45) is 5.92 Å². The predicted octanol–water partition coefficient (Wildman–Crippen LogP) is 5.82. The Kier molecular flexibility index (Phi) is 5.88. The van der Waals surface area contributed by atoms with Crippen LogP contribution in [0.1, 0.15) is 46.0 Å². The van der Waals surface area contributed by atoms with E-state index < -0.39 is 0 Å². The van der Waals surface area contributed by atoms with E-state index in [1.165, 1.54) is 54.4 Å². The van der Waals surface area contributed by atoms with Crippen molar-refractivity contribution in [1.82, 2.24) is 0 Å². The summed E-state index contributed by atoms with van der Waals surface area (Å²) in [5, 5.41) is 2.72. The molecule has 0 aromatic heterocycles. The van der Waals surface area contributed by atoms with Crippen molar-refractivity contribution in [1.29, 1.82) is 0 Å². The van der Waals surface area contributed by atoms with Gasteiger partial charge in [0.05, 0.1) is 6.61 Å². The predicted molar refractivity (Wildman–Crippen MR) is 103 cm³/mol. The van der Waals surface area contributed by atoms with Crippen LogP contribution in [0.25, 0.3) is 10.8 Å². The summed E-state index contributed by atoms with van der Waals surface area (Å²) < 4.78 is 6.25. The third-order valence-corrected chi connectivity index (χ3v) is 7.48. The third-order valence-electron chi connectivity index (χ3n) is 4.94. The van der Waals surface area contributed by atoms with E-state index in [-0.39, 0.29) is 0 Å². The van der Waals surface area contributed by atoms with Crippen molar-refractivity contribution in [2.75, 3.05) is 18.1 Å².